The smallest absolute Gasteiger partial charge is 0.162 e. The van der Waals surface area contributed by atoms with Gasteiger partial charge in [-0.15, -0.1) is 0 Å². The molecule has 0 aromatic heterocycles. The predicted octanol–water partition coefficient (Wildman–Crippen LogP) is 2.81. The van der Waals surface area contributed by atoms with Crippen LogP contribution in [-0.2, 0) is 4.79 Å². The number of ketones is 1. The van der Waals surface area contributed by atoms with Crippen molar-refractivity contribution in [3.63, 3.8) is 0 Å². The molecule has 2 aliphatic rings. The van der Waals surface area contributed by atoms with Gasteiger partial charge >= 0.3 is 0 Å². The Morgan fingerprint density at radius 3 is 2.08 bits per heavy atom. The third-order valence-electron chi connectivity index (χ3n) is 5.33. The Morgan fingerprint density at radius 1 is 1.15 bits per heavy atom. The van der Waals surface area contributed by atoms with Gasteiger partial charge in [-0.2, -0.15) is 0 Å². The monoisotopic (exact) mass is 178 g/mol. The Kier molecular flexibility index (Phi) is 1.43. The van der Waals surface area contributed by atoms with Gasteiger partial charge in [0, 0.05) is 10.8 Å². The topological polar surface area (TPSA) is 17.1 Å². The molecule has 13 heavy (non-hydrogen) atoms. The van der Waals surface area contributed by atoms with Crippen LogP contribution in [0.3, 0.4) is 0 Å². The Hall–Kier alpha value is -0.590. The molecule has 0 saturated heterocycles. The van der Waals surface area contributed by atoms with Gasteiger partial charge in [0.25, 0.3) is 0 Å². The van der Waals surface area contributed by atoms with Crippen molar-refractivity contribution in [3.8, 4) is 0 Å². The quantitative estimate of drug-likeness (QED) is 0.557. The molecule has 0 amide bonds. The fraction of sp³-hybridized carbons (Fsp3) is 0.750. The van der Waals surface area contributed by atoms with E-state index in [4.69, 9.17) is 0 Å². The Balaban J connectivity index is 2.53. The van der Waals surface area contributed by atoms with Crippen molar-refractivity contribution in [2.45, 2.75) is 34.6 Å². The Morgan fingerprint density at radius 2 is 1.62 bits per heavy atom. The van der Waals surface area contributed by atoms with Gasteiger partial charge in [0.05, 0.1) is 0 Å². The third kappa shape index (κ3) is 0.619. The first kappa shape index (κ1) is 8.98. The van der Waals surface area contributed by atoms with Crippen molar-refractivity contribution in [3.05, 3.63) is 11.6 Å². The number of allylic oxidation sites excluding steroid dienone is 2. The number of carbonyl (C=O) groups excluding carboxylic acids is 1. The molecule has 0 N–H and O–H groups in total. The molecule has 2 aliphatic carbocycles. The number of rotatable bonds is 0. The number of hydrogen-bond donors (Lipinski definition) is 0. The molecule has 4 atom stereocenters. The van der Waals surface area contributed by atoms with Crippen molar-refractivity contribution < 1.29 is 4.79 Å². The van der Waals surface area contributed by atoms with E-state index in [2.05, 4.69) is 34.6 Å². The highest BCUT2D eigenvalue weighted by Crippen LogP contribution is 2.70. The van der Waals surface area contributed by atoms with Gasteiger partial charge in [0.15, 0.2) is 5.78 Å². The molecule has 0 unspecified atom stereocenters. The van der Waals surface area contributed by atoms with Crippen LogP contribution in [0, 0.1) is 22.7 Å². The first-order valence-corrected chi connectivity index (χ1v) is 5.10. The maximum Gasteiger partial charge on any atom is 0.162 e. The number of hydrogen-bond acceptors (Lipinski definition) is 1. The lowest BCUT2D eigenvalue weighted by Gasteiger charge is -2.62. The molecule has 72 valence electrons. The van der Waals surface area contributed by atoms with E-state index >= 15 is 0 Å². The summed E-state index contributed by atoms with van der Waals surface area (Å²) >= 11 is 0. The van der Waals surface area contributed by atoms with Crippen LogP contribution >= 0.6 is 0 Å². The van der Waals surface area contributed by atoms with E-state index in [0.29, 0.717) is 17.6 Å². The lowest BCUT2D eigenvalue weighted by Crippen LogP contribution is -2.61. The second-order valence-corrected chi connectivity index (χ2v) is 5.17. The van der Waals surface area contributed by atoms with Crippen LogP contribution in [0.1, 0.15) is 34.6 Å². The SMILES string of the molecule is CC1=CC(=O)[C@]2(C)[C@H](C)[C@H](C)[C@]12C. The van der Waals surface area contributed by atoms with E-state index in [1.165, 1.54) is 5.57 Å². The van der Waals surface area contributed by atoms with Crippen molar-refractivity contribution in [2.75, 3.05) is 0 Å². The molecular weight excluding hydrogens is 160 g/mol. The molecule has 0 spiro atoms. The summed E-state index contributed by atoms with van der Waals surface area (Å²) in [5.74, 6) is 1.51. The maximum atomic E-state index is 11.9. The van der Waals surface area contributed by atoms with E-state index in [0.717, 1.165) is 0 Å². The minimum atomic E-state index is -0.101. The van der Waals surface area contributed by atoms with E-state index in [1.807, 2.05) is 6.08 Å². The first-order chi connectivity index (χ1) is 5.86. The van der Waals surface area contributed by atoms with Crippen LogP contribution in [-0.4, -0.2) is 5.78 Å². The fourth-order valence-corrected chi connectivity index (χ4v) is 3.60. The third-order valence-corrected chi connectivity index (χ3v) is 5.33. The van der Waals surface area contributed by atoms with Crippen molar-refractivity contribution in [2.24, 2.45) is 22.7 Å². The minimum Gasteiger partial charge on any atom is -0.294 e. The van der Waals surface area contributed by atoms with E-state index < -0.39 is 0 Å². The summed E-state index contributed by atoms with van der Waals surface area (Å²) in [4.78, 5) is 11.9. The minimum absolute atomic E-state index is 0.101. The lowest BCUT2D eigenvalue weighted by atomic mass is 9.40. The van der Waals surface area contributed by atoms with E-state index in [-0.39, 0.29) is 10.8 Å². The first-order valence-electron chi connectivity index (χ1n) is 5.10. The van der Waals surface area contributed by atoms with Crippen LogP contribution in [0.4, 0.5) is 0 Å². The molecule has 0 heterocycles. The standard InChI is InChI=1S/C12H18O/c1-7-6-10(13)12(5)9(3)8(2)11(7,12)4/h6,8-9H,1-5H3/t8-,9+,11-,12-/m0/s1. The zero-order chi connectivity index (χ0) is 10.0. The van der Waals surface area contributed by atoms with Crippen LogP contribution < -0.4 is 0 Å². The average molecular weight is 178 g/mol. The predicted molar refractivity (Wildman–Crippen MR) is 53.3 cm³/mol. The summed E-state index contributed by atoms with van der Waals surface area (Å²) in [5.41, 5.74) is 1.32. The molecule has 0 aliphatic heterocycles. The Bertz CT molecular complexity index is 315. The largest absolute Gasteiger partial charge is 0.294 e. The molecule has 1 saturated carbocycles. The highest BCUT2D eigenvalue weighted by molar-refractivity contribution is 6.01. The normalized spacial score (nSPS) is 54.2. The number of fused-ring (bicyclic) bond motifs is 1. The summed E-state index contributed by atoms with van der Waals surface area (Å²) in [7, 11) is 0. The van der Waals surface area contributed by atoms with Crippen molar-refractivity contribution in [1.82, 2.24) is 0 Å². The zero-order valence-corrected chi connectivity index (χ0v) is 9.14. The molecule has 0 aromatic carbocycles. The summed E-state index contributed by atoms with van der Waals surface area (Å²) in [5, 5.41) is 0. The van der Waals surface area contributed by atoms with E-state index in [1.54, 1.807) is 0 Å². The molecular formula is C12H18O. The van der Waals surface area contributed by atoms with Gasteiger partial charge in [0.1, 0.15) is 0 Å². The van der Waals surface area contributed by atoms with Gasteiger partial charge in [-0.05, 0) is 24.8 Å². The van der Waals surface area contributed by atoms with Gasteiger partial charge in [-0.25, -0.2) is 0 Å². The molecule has 1 heteroatoms. The van der Waals surface area contributed by atoms with Gasteiger partial charge < -0.3 is 0 Å². The van der Waals surface area contributed by atoms with Crippen LogP contribution in [0.15, 0.2) is 11.6 Å². The van der Waals surface area contributed by atoms with E-state index in [9.17, 15) is 4.79 Å². The molecule has 0 aromatic rings. The van der Waals surface area contributed by atoms with Crippen molar-refractivity contribution >= 4 is 5.78 Å². The Labute approximate surface area is 80.2 Å². The second kappa shape index (κ2) is 2.08. The summed E-state index contributed by atoms with van der Waals surface area (Å²) in [6.45, 7) is 11.0. The van der Waals surface area contributed by atoms with Gasteiger partial charge in [-0.3, -0.25) is 4.79 Å². The highest BCUT2D eigenvalue weighted by Gasteiger charge is 2.69. The molecule has 1 fully saturated rings. The number of carbonyl (C=O) groups is 1. The summed E-state index contributed by atoms with van der Waals surface area (Å²) in [6, 6.07) is 0. The maximum absolute atomic E-state index is 11.9. The summed E-state index contributed by atoms with van der Waals surface area (Å²) in [6.07, 6.45) is 1.86. The molecule has 1 nitrogen and oxygen atoms in total. The second-order valence-electron chi connectivity index (χ2n) is 5.17. The van der Waals surface area contributed by atoms with Crippen molar-refractivity contribution in [1.29, 1.82) is 0 Å². The molecule has 0 radical (unpaired) electrons. The van der Waals surface area contributed by atoms with Crippen LogP contribution in [0.25, 0.3) is 0 Å². The van der Waals surface area contributed by atoms with Gasteiger partial charge in [0.2, 0.25) is 0 Å². The summed E-state index contributed by atoms with van der Waals surface area (Å²) < 4.78 is 0. The van der Waals surface area contributed by atoms with Crippen LogP contribution in [0.5, 0.6) is 0 Å². The zero-order valence-electron chi connectivity index (χ0n) is 9.14. The molecule has 0 bridgehead atoms. The average Bonchev–Trinajstić information content (AvgIpc) is 2.26. The van der Waals surface area contributed by atoms with Crippen LogP contribution in [0.2, 0.25) is 0 Å². The fourth-order valence-electron chi connectivity index (χ4n) is 3.60. The molecule has 2 rings (SSSR count). The lowest BCUT2D eigenvalue weighted by molar-refractivity contribution is -0.163. The highest BCUT2D eigenvalue weighted by atomic mass is 16.1. The van der Waals surface area contributed by atoms with Gasteiger partial charge in [-0.1, -0.05) is 33.3 Å².